The third-order valence-corrected chi connectivity index (χ3v) is 5.74. The van der Waals surface area contributed by atoms with Crippen molar-refractivity contribution < 1.29 is 4.79 Å². The Morgan fingerprint density at radius 1 is 1.42 bits per heavy atom. The van der Waals surface area contributed by atoms with Gasteiger partial charge in [0.25, 0.3) is 0 Å². The van der Waals surface area contributed by atoms with Gasteiger partial charge in [-0.3, -0.25) is 4.79 Å². The molecule has 0 aliphatic carbocycles. The molecule has 4 nitrogen and oxygen atoms in total. The first kappa shape index (κ1) is 13.5. The molecule has 104 valence electrons. The molecule has 0 spiro atoms. The van der Waals surface area contributed by atoms with Gasteiger partial charge in [-0.15, -0.1) is 0 Å². The topological polar surface area (TPSA) is 46.1 Å². The zero-order valence-corrected chi connectivity index (χ0v) is 12.8. The number of hydrogen-bond donors (Lipinski definition) is 0. The second-order valence-electron chi connectivity index (χ2n) is 5.42. The first-order valence-corrected chi connectivity index (χ1v) is 8.58. The molecule has 0 saturated carbocycles. The Bertz CT molecular complexity index is 454. The summed E-state index contributed by atoms with van der Waals surface area (Å²) >= 11 is 2.56. The lowest BCUT2D eigenvalue weighted by molar-refractivity contribution is -0.111. The first-order chi connectivity index (χ1) is 9.28. The van der Waals surface area contributed by atoms with Gasteiger partial charge < -0.3 is 4.90 Å². The number of piperidine rings is 3. The molecule has 3 saturated heterocycles. The van der Waals surface area contributed by atoms with Crippen LogP contribution in [0.3, 0.4) is 0 Å². The van der Waals surface area contributed by atoms with Crippen LogP contribution in [0.15, 0.2) is 5.03 Å². The quantitative estimate of drug-likeness (QED) is 0.800. The average Bonchev–Trinajstić information content (AvgIpc) is 2.88. The summed E-state index contributed by atoms with van der Waals surface area (Å²) in [4.78, 5) is 14.3. The van der Waals surface area contributed by atoms with Crippen LogP contribution in [0, 0.1) is 5.92 Å². The fraction of sp³-hybridized carbons (Fsp3) is 0.769. The van der Waals surface area contributed by atoms with Crippen molar-refractivity contribution >= 4 is 28.6 Å². The lowest BCUT2D eigenvalue weighted by Gasteiger charge is -2.44. The number of carbonyl (C=O) groups is 1. The Kier molecular flexibility index (Phi) is 4.19. The Morgan fingerprint density at radius 3 is 2.84 bits per heavy atom. The molecule has 3 aliphatic heterocycles. The molecule has 3 aliphatic rings. The predicted molar refractivity (Wildman–Crippen MR) is 77.6 cm³/mol. The Labute approximate surface area is 122 Å². The maximum Gasteiger partial charge on any atom is 0.195 e. The molecular formula is C13H19N3OS2. The van der Waals surface area contributed by atoms with E-state index in [2.05, 4.69) is 13.6 Å². The van der Waals surface area contributed by atoms with Crippen LogP contribution in [0.25, 0.3) is 0 Å². The van der Waals surface area contributed by atoms with Crippen LogP contribution in [0.5, 0.6) is 0 Å². The second-order valence-corrected chi connectivity index (χ2v) is 7.00. The summed E-state index contributed by atoms with van der Waals surface area (Å²) in [6.07, 6.45) is 4.07. The van der Waals surface area contributed by atoms with Crippen molar-refractivity contribution in [2.75, 3.05) is 19.6 Å². The van der Waals surface area contributed by atoms with E-state index >= 15 is 0 Å². The van der Waals surface area contributed by atoms with Crippen molar-refractivity contribution in [3.63, 3.8) is 0 Å². The smallest absolute Gasteiger partial charge is 0.195 e. The molecule has 4 rings (SSSR count). The molecular weight excluding hydrogens is 278 g/mol. The number of aromatic nitrogens is 2. The van der Waals surface area contributed by atoms with Gasteiger partial charge in [0.2, 0.25) is 0 Å². The van der Waals surface area contributed by atoms with Crippen LogP contribution in [0.2, 0.25) is 0 Å². The fourth-order valence-corrected chi connectivity index (χ4v) is 4.77. The summed E-state index contributed by atoms with van der Waals surface area (Å²) in [6.45, 7) is 5.60. The lowest BCUT2D eigenvalue weighted by Crippen LogP contribution is -2.46. The normalized spacial score (nSPS) is 29.6. The van der Waals surface area contributed by atoms with Crippen molar-refractivity contribution in [2.45, 2.75) is 43.6 Å². The number of carbonyl (C=O) groups excluding carboxylic acids is 1. The van der Waals surface area contributed by atoms with Crippen molar-refractivity contribution in [3.05, 3.63) is 5.69 Å². The van der Waals surface area contributed by atoms with Gasteiger partial charge in [0.1, 0.15) is 5.03 Å². The molecule has 1 aromatic rings. The van der Waals surface area contributed by atoms with E-state index in [0.29, 0.717) is 12.3 Å². The van der Waals surface area contributed by atoms with Crippen molar-refractivity contribution in [3.8, 4) is 0 Å². The van der Waals surface area contributed by atoms with E-state index in [1.807, 2.05) is 6.92 Å². The van der Waals surface area contributed by atoms with E-state index in [9.17, 15) is 4.79 Å². The predicted octanol–water partition coefficient (Wildman–Crippen LogP) is 2.77. The van der Waals surface area contributed by atoms with Gasteiger partial charge in [-0.1, -0.05) is 6.92 Å². The van der Waals surface area contributed by atoms with Crippen LogP contribution >= 0.6 is 23.5 Å². The molecule has 19 heavy (non-hydrogen) atoms. The molecule has 4 heterocycles. The monoisotopic (exact) mass is 297 g/mol. The lowest BCUT2D eigenvalue weighted by atomic mass is 9.78. The van der Waals surface area contributed by atoms with Crippen LogP contribution in [-0.4, -0.2) is 38.4 Å². The number of fused-ring (bicyclic) bond motifs is 3. The SMILES string of the molecule is CCCC(=O)Sc1nsnc1C1CN2CCC1CC2. The van der Waals surface area contributed by atoms with Crippen LogP contribution in [0.4, 0.5) is 0 Å². The van der Waals surface area contributed by atoms with Gasteiger partial charge >= 0.3 is 0 Å². The molecule has 0 aromatic carbocycles. The van der Waals surface area contributed by atoms with Gasteiger partial charge in [-0.05, 0) is 50.0 Å². The van der Waals surface area contributed by atoms with E-state index in [-0.39, 0.29) is 5.12 Å². The van der Waals surface area contributed by atoms with Crippen molar-refractivity contribution in [1.82, 2.24) is 13.6 Å². The van der Waals surface area contributed by atoms with Crippen molar-refractivity contribution in [2.24, 2.45) is 5.92 Å². The van der Waals surface area contributed by atoms with Crippen LogP contribution < -0.4 is 0 Å². The molecule has 0 amide bonds. The van der Waals surface area contributed by atoms with E-state index in [1.54, 1.807) is 0 Å². The zero-order chi connectivity index (χ0) is 13.2. The van der Waals surface area contributed by atoms with Crippen molar-refractivity contribution in [1.29, 1.82) is 0 Å². The van der Waals surface area contributed by atoms with Crippen LogP contribution in [-0.2, 0) is 4.79 Å². The zero-order valence-electron chi connectivity index (χ0n) is 11.2. The fourth-order valence-electron chi connectivity index (χ4n) is 3.12. The van der Waals surface area contributed by atoms with E-state index in [4.69, 9.17) is 0 Å². The van der Waals surface area contributed by atoms with Crippen LogP contribution in [0.1, 0.15) is 44.2 Å². The summed E-state index contributed by atoms with van der Waals surface area (Å²) < 4.78 is 8.85. The maximum absolute atomic E-state index is 11.8. The highest BCUT2D eigenvalue weighted by molar-refractivity contribution is 8.13. The van der Waals surface area contributed by atoms with Gasteiger partial charge in [0.05, 0.1) is 17.4 Å². The summed E-state index contributed by atoms with van der Waals surface area (Å²) in [5, 5.41) is 1.10. The number of hydrogen-bond acceptors (Lipinski definition) is 6. The van der Waals surface area contributed by atoms with E-state index < -0.39 is 0 Å². The highest BCUT2D eigenvalue weighted by atomic mass is 32.2. The van der Waals surface area contributed by atoms with Gasteiger partial charge in [-0.25, -0.2) is 0 Å². The minimum absolute atomic E-state index is 0.220. The number of thioether (sulfide) groups is 1. The molecule has 1 unspecified atom stereocenters. The molecule has 6 heteroatoms. The molecule has 0 radical (unpaired) electrons. The Hall–Kier alpha value is -0.460. The molecule has 1 aromatic heterocycles. The highest BCUT2D eigenvalue weighted by Gasteiger charge is 2.37. The summed E-state index contributed by atoms with van der Waals surface area (Å²) in [5.74, 6) is 1.24. The van der Waals surface area contributed by atoms with E-state index in [1.165, 1.54) is 49.4 Å². The summed E-state index contributed by atoms with van der Waals surface area (Å²) in [6, 6.07) is 0. The average molecular weight is 297 g/mol. The second kappa shape index (κ2) is 5.89. The Morgan fingerprint density at radius 2 is 2.21 bits per heavy atom. The minimum Gasteiger partial charge on any atom is -0.303 e. The maximum atomic E-state index is 11.8. The highest BCUT2D eigenvalue weighted by Crippen LogP contribution is 2.41. The minimum atomic E-state index is 0.220. The number of nitrogens with zero attached hydrogens (tertiary/aromatic N) is 3. The van der Waals surface area contributed by atoms with E-state index in [0.717, 1.165) is 29.6 Å². The first-order valence-electron chi connectivity index (χ1n) is 7.03. The number of rotatable bonds is 4. The Balaban J connectivity index is 1.74. The molecule has 3 fully saturated rings. The van der Waals surface area contributed by atoms with Gasteiger partial charge in [0, 0.05) is 18.9 Å². The molecule has 0 N–H and O–H groups in total. The summed E-state index contributed by atoms with van der Waals surface area (Å²) in [7, 11) is 0. The van der Waals surface area contributed by atoms with Gasteiger partial charge in [-0.2, -0.15) is 8.75 Å². The third-order valence-electron chi connectivity index (χ3n) is 4.15. The van der Waals surface area contributed by atoms with Gasteiger partial charge in [0.15, 0.2) is 5.12 Å². The molecule has 2 bridgehead atoms. The largest absolute Gasteiger partial charge is 0.303 e. The summed E-state index contributed by atoms with van der Waals surface area (Å²) in [5.41, 5.74) is 1.09. The third kappa shape index (κ3) is 2.85. The molecule has 1 atom stereocenters. The standard InChI is InChI=1S/C13H19N3OS2/c1-2-3-11(17)18-13-12(14-19-15-13)10-8-16-6-4-9(10)5-7-16/h9-10H,2-8H2,1H3.